The molecule has 0 aliphatic carbocycles. The van der Waals surface area contributed by atoms with E-state index in [1.54, 1.807) is 0 Å². The smallest absolute Gasteiger partial charge is 0.248 e. The first-order chi connectivity index (χ1) is 14.7. The highest BCUT2D eigenvalue weighted by Gasteiger charge is 2.36. The normalized spacial score (nSPS) is 21.4. The van der Waals surface area contributed by atoms with E-state index in [0.717, 1.165) is 67.8 Å². The van der Waals surface area contributed by atoms with Crippen molar-refractivity contribution < 1.29 is 4.79 Å². The first-order valence-corrected chi connectivity index (χ1v) is 11.5. The second kappa shape index (κ2) is 8.17. The standard InChI is InChI=1S/C22H24N6OS/c23-12-16-1-3-18(4-2-16)27-7-5-26(6-8-27)14-17-11-19-21(24-13-17)28-9-10-30-15-20(28)22(29)25-19/h1-4,11,13,20H,5-10,14-15H2,(H,25,29). The van der Waals surface area contributed by atoms with Crippen LogP contribution in [0.1, 0.15) is 11.1 Å². The van der Waals surface area contributed by atoms with Crippen LogP contribution in [0.25, 0.3) is 0 Å². The summed E-state index contributed by atoms with van der Waals surface area (Å²) in [6.07, 6.45) is 1.96. The van der Waals surface area contributed by atoms with Crippen LogP contribution in [-0.2, 0) is 11.3 Å². The van der Waals surface area contributed by atoms with E-state index in [9.17, 15) is 4.79 Å². The number of hydrogen-bond donors (Lipinski definition) is 1. The van der Waals surface area contributed by atoms with E-state index < -0.39 is 0 Å². The van der Waals surface area contributed by atoms with Gasteiger partial charge in [-0.15, -0.1) is 0 Å². The van der Waals surface area contributed by atoms with Crippen molar-refractivity contribution in [3.63, 3.8) is 0 Å². The quantitative estimate of drug-likeness (QED) is 0.815. The maximum atomic E-state index is 12.5. The Morgan fingerprint density at radius 1 is 1.17 bits per heavy atom. The molecule has 3 aliphatic rings. The summed E-state index contributed by atoms with van der Waals surface area (Å²) in [4.78, 5) is 24.1. The minimum absolute atomic E-state index is 0.0877. The number of nitriles is 1. The fraction of sp³-hybridized carbons (Fsp3) is 0.409. The molecule has 3 aliphatic heterocycles. The highest BCUT2D eigenvalue weighted by atomic mass is 32.2. The molecule has 0 spiro atoms. The summed E-state index contributed by atoms with van der Waals surface area (Å²) in [5.41, 5.74) is 3.84. The van der Waals surface area contributed by atoms with Crippen LogP contribution in [0.5, 0.6) is 0 Å². The van der Waals surface area contributed by atoms with E-state index in [4.69, 9.17) is 10.2 Å². The molecule has 0 radical (unpaired) electrons. The van der Waals surface area contributed by atoms with Gasteiger partial charge in [0.25, 0.3) is 0 Å². The summed E-state index contributed by atoms with van der Waals surface area (Å²) in [5.74, 6) is 2.87. The number of pyridine rings is 1. The van der Waals surface area contributed by atoms with E-state index in [2.05, 4.69) is 32.2 Å². The third-order valence-corrected chi connectivity index (χ3v) is 7.05. The number of piperazine rings is 1. The van der Waals surface area contributed by atoms with Crippen LogP contribution in [-0.4, -0.2) is 66.1 Å². The number of benzene rings is 1. The van der Waals surface area contributed by atoms with E-state index in [1.165, 1.54) is 5.69 Å². The molecule has 30 heavy (non-hydrogen) atoms. The number of amides is 1. The number of nitrogens with zero attached hydrogens (tertiary/aromatic N) is 5. The molecule has 2 saturated heterocycles. The SMILES string of the molecule is N#Cc1ccc(N2CCN(Cc3cnc4c(c3)NC(=O)C3CSCCN43)CC2)cc1. The van der Waals surface area contributed by atoms with Crippen LogP contribution < -0.4 is 15.1 Å². The maximum Gasteiger partial charge on any atom is 0.248 e. The number of hydrogen-bond acceptors (Lipinski definition) is 7. The lowest BCUT2D eigenvalue weighted by Gasteiger charge is -2.40. The van der Waals surface area contributed by atoms with Crippen molar-refractivity contribution >= 4 is 34.9 Å². The summed E-state index contributed by atoms with van der Waals surface area (Å²) in [6.45, 7) is 5.54. The van der Waals surface area contributed by atoms with Crippen molar-refractivity contribution in [3.05, 3.63) is 47.7 Å². The number of carbonyl (C=O) groups is 1. The zero-order valence-corrected chi connectivity index (χ0v) is 17.6. The van der Waals surface area contributed by atoms with Gasteiger partial charge in [0.1, 0.15) is 6.04 Å². The van der Waals surface area contributed by atoms with Crippen molar-refractivity contribution in [2.45, 2.75) is 12.6 Å². The van der Waals surface area contributed by atoms with Crippen molar-refractivity contribution in [1.29, 1.82) is 5.26 Å². The Hall–Kier alpha value is -2.76. The van der Waals surface area contributed by atoms with Crippen LogP contribution in [0.2, 0.25) is 0 Å². The molecule has 7 nitrogen and oxygen atoms in total. The number of fused-ring (bicyclic) bond motifs is 3. The molecular formula is C22H24N6OS. The highest BCUT2D eigenvalue weighted by molar-refractivity contribution is 7.99. The summed E-state index contributed by atoms with van der Waals surface area (Å²) < 4.78 is 0. The number of carbonyl (C=O) groups excluding carboxylic acids is 1. The average Bonchev–Trinajstić information content (AvgIpc) is 2.80. The molecule has 2 fully saturated rings. The van der Waals surface area contributed by atoms with Gasteiger partial charge in [0.2, 0.25) is 5.91 Å². The summed E-state index contributed by atoms with van der Waals surface area (Å²) >= 11 is 1.83. The van der Waals surface area contributed by atoms with E-state index in [0.29, 0.717) is 5.56 Å². The Balaban J connectivity index is 1.23. The molecule has 1 atom stereocenters. The predicted octanol–water partition coefficient (Wildman–Crippen LogP) is 2.15. The number of aromatic nitrogens is 1. The molecule has 2 aromatic rings. The molecule has 0 bridgehead atoms. The lowest BCUT2D eigenvalue weighted by atomic mass is 10.1. The number of rotatable bonds is 3. The molecule has 4 heterocycles. The Kier molecular flexibility index (Phi) is 5.23. The Morgan fingerprint density at radius 2 is 1.97 bits per heavy atom. The van der Waals surface area contributed by atoms with E-state index in [1.807, 2.05) is 42.2 Å². The van der Waals surface area contributed by atoms with Crippen molar-refractivity contribution in [3.8, 4) is 6.07 Å². The lowest BCUT2D eigenvalue weighted by Crippen LogP contribution is -2.53. The molecule has 1 N–H and O–H groups in total. The zero-order chi connectivity index (χ0) is 20.5. The molecule has 8 heteroatoms. The van der Waals surface area contributed by atoms with Gasteiger partial charge in [-0.1, -0.05) is 0 Å². The maximum absolute atomic E-state index is 12.5. The minimum atomic E-state index is -0.0927. The van der Waals surface area contributed by atoms with Crippen molar-refractivity contribution in [2.75, 3.05) is 59.3 Å². The van der Waals surface area contributed by atoms with Crippen molar-refractivity contribution in [2.24, 2.45) is 0 Å². The number of thioether (sulfide) groups is 1. The molecule has 0 saturated carbocycles. The van der Waals surface area contributed by atoms with Gasteiger partial charge in [0.15, 0.2) is 5.82 Å². The minimum Gasteiger partial charge on any atom is -0.369 e. The van der Waals surface area contributed by atoms with Gasteiger partial charge in [-0.25, -0.2) is 4.98 Å². The van der Waals surface area contributed by atoms with Crippen LogP contribution >= 0.6 is 11.8 Å². The van der Waals surface area contributed by atoms with Crippen LogP contribution in [0.15, 0.2) is 36.5 Å². The van der Waals surface area contributed by atoms with E-state index >= 15 is 0 Å². The van der Waals surface area contributed by atoms with Gasteiger partial charge in [-0.3, -0.25) is 9.69 Å². The number of anilines is 3. The van der Waals surface area contributed by atoms with Gasteiger partial charge in [0.05, 0.1) is 17.3 Å². The third kappa shape index (κ3) is 3.71. The fourth-order valence-electron chi connectivity index (χ4n) is 4.37. The Bertz CT molecular complexity index is 980. The molecule has 1 aromatic heterocycles. The largest absolute Gasteiger partial charge is 0.369 e. The molecule has 1 amide bonds. The fourth-order valence-corrected chi connectivity index (χ4v) is 5.41. The Labute approximate surface area is 180 Å². The second-order valence-electron chi connectivity index (χ2n) is 7.91. The summed E-state index contributed by atoms with van der Waals surface area (Å²) in [6, 6.07) is 12.0. The van der Waals surface area contributed by atoms with Gasteiger partial charge in [-0.2, -0.15) is 17.0 Å². The van der Waals surface area contributed by atoms with Gasteiger partial charge in [-0.05, 0) is 35.9 Å². The van der Waals surface area contributed by atoms with Gasteiger partial charge in [0, 0.05) is 62.7 Å². The summed E-state index contributed by atoms with van der Waals surface area (Å²) in [5, 5.41) is 12.0. The average molecular weight is 421 g/mol. The topological polar surface area (TPSA) is 75.5 Å². The molecule has 1 aromatic carbocycles. The highest BCUT2D eigenvalue weighted by Crippen LogP contribution is 2.34. The first kappa shape index (κ1) is 19.2. The third-order valence-electron chi connectivity index (χ3n) is 6.02. The first-order valence-electron chi connectivity index (χ1n) is 10.3. The monoisotopic (exact) mass is 420 g/mol. The Morgan fingerprint density at radius 3 is 2.73 bits per heavy atom. The molecule has 5 rings (SSSR count). The molecule has 154 valence electrons. The summed E-state index contributed by atoms with van der Waals surface area (Å²) in [7, 11) is 0. The van der Waals surface area contributed by atoms with Crippen molar-refractivity contribution in [1.82, 2.24) is 9.88 Å². The molecule has 1 unspecified atom stereocenters. The second-order valence-corrected chi connectivity index (χ2v) is 9.06. The van der Waals surface area contributed by atoms with Gasteiger partial charge >= 0.3 is 0 Å². The van der Waals surface area contributed by atoms with Crippen LogP contribution in [0.4, 0.5) is 17.2 Å². The number of nitrogens with one attached hydrogen (secondary N) is 1. The predicted molar refractivity (Wildman–Crippen MR) is 120 cm³/mol. The lowest BCUT2D eigenvalue weighted by molar-refractivity contribution is -0.117. The van der Waals surface area contributed by atoms with Crippen LogP contribution in [0.3, 0.4) is 0 Å². The zero-order valence-electron chi connectivity index (χ0n) is 16.8. The van der Waals surface area contributed by atoms with E-state index in [-0.39, 0.29) is 11.9 Å². The molecular weight excluding hydrogens is 396 g/mol. The van der Waals surface area contributed by atoms with Crippen LogP contribution in [0, 0.1) is 11.3 Å². The van der Waals surface area contributed by atoms with Gasteiger partial charge < -0.3 is 15.1 Å².